The van der Waals surface area contributed by atoms with E-state index >= 15 is 0 Å². The lowest BCUT2D eigenvalue weighted by Gasteiger charge is -2.11. The van der Waals surface area contributed by atoms with Crippen molar-refractivity contribution in [1.29, 1.82) is 0 Å². The van der Waals surface area contributed by atoms with Gasteiger partial charge in [0, 0.05) is 26.7 Å². The molecule has 5 heteroatoms. The number of nitrogens with zero attached hydrogens (tertiary/aromatic N) is 1. The molecular weight excluding hydrogens is 282 g/mol. The summed E-state index contributed by atoms with van der Waals surface area (Å²) in [6.45, 7) is 2.65. The lowest BCUT2D eigenvalue weighted by molar-refractivity contribution is -0.140. The Kier molecular flexibility index (Phi) is 7.92. The molecule has 0 unspecified atom stereocenters. The highest BCUT2D eigenvalue weighted by Crippen LogP contribution is 2.06. The Hall–Kier alpha value is -2.14. The molecule has 0 saturated heterocycles. The van der Waals surface area contributed by atoms with Gasteiger partial charge in [-0.1, -0.05) is 30.3 Å². The average molecular weight is 305 g/mol. The topological polar surface area (TPSA) is 55.8 Å². The van der Waals surface area contributed by atoms with Crippen LogP contribution in [0.5, 0.6) is 0 Å². The lowest BCUT2D eigenvalue weighted by atomic mass is 10.1. The van der Waals surface area contributed by atoms with E-state index in [-0.39, 0.29) is 31.0 Å². The number of esters is 1. The molecule has 5 nitrogen and oxygen atoms in total. The van der Waals surface area contributed by atoms with Crippen LogP contribution in [-0.4, -0.2) is 44.0 Å². The molecule has 0 heterocycles. The molecule has 1 aromatic carbocycles. The van der Waals surface area contributed by atoms with Crippen molar-refractivity contribution in [2.75, 3.05) is 27.3 Å². The highest BCUT2D eigenvalue weighted by molar-refractivity contribution is 6.17. The van der Waals surface area contributed by atoms with Gasteiger partial charge in [0.15, 0.2) is 5.78 Å². The van der Waals surface area contributed by atoms with E-state index in [9.17, 15) is 9.59 Å². The molecule has 0 aliphatic carbocycles. The van der Waals surface area contributed by atoms with Gasteiger partial charge in [0.25, 0.3) is 0 Å². The minimum atomic E-state index is -0.593. The van der Waals surface area contributed by atoms with Crippen LogP contribution in [-0.2, 0) is 25.7 Å². The molecule has 0 fully saturated rings. The minimum absolute atomic E-state index is 0.0511. The number of Topliss-reactive ketones (excluding diaryl/α,β-unsaturated/α-hetero) is 1. The number of carbonyl (C=O) groups is 2. The van der Waals surface area contributed by atoms with Crippen molar-refractivity contribution < 1.29 is 19.1 Å². The van der Waals surface area contributed by atoms with E-state index in [0.29, 0.717) is 6.61 Å². The summed E-state index contributed by atoms with van der Waals surface area (Å²) in [5.74, 6) is -0.871. The van der Waals surface area contributed by atoms with Crippen LogP contribution in [0.15, 0.2) is 42.1 Å². The minimum Gasteiger partial charge on any atom is -0.462 e. The number of ether oxygens (including phenoxy) is 2. The van der Waals surface area contributed by atoms with Gasteiger partial charge in [0.1, 0.15) is 5.57 Å². The van der Waals surface area contributed by atoms with Crippen molar-refractivity contribution >= 4 is 11.8 Å². The van der Waals surface area contributed by atoms with E-state index in [2.05, 4.69) is 0 Å². The molecule has 0 N–H and O–H groups in total. The third kappa shape index (κ3) is 6.54. The van der Waals surface area contributed by atoms with E-state index in [1.54, 1.807) is 25.9 Å². The largest absolute Gasteiger partial charge is 0.462 e. The van der Waals surface area contributed by atoms with Gasteiger partial charge in [-0.2, -0.15) is 0 Å². The molecule has 0 atom stereocenters. The van der Waals surface area contributed by atoms with Crippen LogP contribution in [0.2, 0.25) is 0 Å². The molecule has 0 aromatic heterocycles. The third-order valence-corrected chi connectivity index (χ3v) is 2.77. The van der Waals surface area contributed by atoms with E-state index in [1.807, 2.05) is 30.3 Å². The van der Waals surface area contributed by atoms with E-state index < -0.39 is 5.97 Å². The molecule has 0 aliphatic rings. The van der Waals surface area contributed by atoms with Gasteiger partial charge in [-0.3, -0.25) is 4.79 Å². The molecule has 120 valence electrons. The molecular formula is C17H23NO4. The highest BCUT2D eigenvalue weighted by atomic mass is 16.5. The standard InChI is InChI=1S/C17H23NO4/c1-4-22-17(20)15(12-18(2)3)16(19)10-11-21-13-14-8-6-5-7-9-14/h5-9,12H,4,10-11,13H2,1-3H3/b15-12+. The summed E-state index contributed by atoms with van der Waals surface area (Å²) in [4.78, 5) is 25.6. The Bertz CT molecular complexity index is 509. The molecule has 0 saturated carbocycles. The fraction of sp³-hybridized carbons (Fsp3) is 0.412. The molecule has 0 amide bonds. The second-order valence-corrected chi connectivity index (χ2v) is 4.94. The van der Waals surface area contributed by atoms with E-state index in [4.69, 9.17) is 9.47 Å². The summed E-state index contributed by atoms with van der Waals surface area (Å²) in [5.41, 5.74) is 1.10. The number of hydrogen-bond donors (Lipinski definition) is 0. The van der Waals surface area contributed by atoms with E-state index in [0.717, 1.165) is 5.56 Å². The van der Waals surface area contributed by atoms with Gasteiger partial charge in [-0.05, 0) is 12.5 Å². The molecule has 0 aliphatic heterocycles. The van der Waals surface area contributed by atoms with Crippen LogP contribution in [0.3, 0.4) is 0 Å². The van der Waals surface area contributed by atoms with Crippen LogP contribution in [0.1, 0.15) is 18.9 Å². The number of ketones is 1. The fourth-order valence-electron chi connectivity index (χ4n) is 1.77. The molecule has 1 aromatic rings. The first-order valence-corrected chi connectivity index (χ1v) is 7.24. The first-order valence-electron chi connectivity index (χ1n) is 7.24. The SMILES string of the molecule is CCOC(=O)/C(=C/N(C)C)C(=O)CCOCc1ccccc1. The van der Waals surface area contributed by atoms with Crippen molar-refractivity contribution in [1.82, 2.24) is 4.90 Å². The molecule has 1 rings (SSSR count). The second kappa shape index (κ2) is 9.73. The van der Waals surface area contributed by atoms with Gasteiger partial charge in [-0.15, -0.1) is 0 Å². The Morgan fingerprint density at radius 2 is 1.86 bits per heavy atom. The van der Waals surface area contributed by atoms with Crippen molar-refractivity contribution in [3.63, 3.8) is 0 Å². The summed E-state index contributed by atoms with van der Waals surface area (Å²) in [6.07, 6.45) is 1.63. The molecule has 22 heavy (non-hydrogen) atoms. The van der Waals surface area contributed by atoms with Crippen molar-refractivity contribution in [3.8, 4) is 0 Å². The Morgan fingerprint density at radius 3 is 2.45 bits per heavy atom. The summed E-state index contributed by atoms with van der Waals surface area (Å²) in [6, 6.07) is 9.71. The van der Waals surface area contributed by atoms with Gasteiger partial charge in [0.2, 0.25) is 0 Å². The van der Waals surface area contributed by atoms with Gasteiger partial charge < -0.3 is 14.4 Å². The third-order valence-electron chi connectivity index (χ3n) is 2.77. The van der Waals surface area contributed by atoms with Crippen LogP contribution >= 0.6 is 0 Å². The summed E-state index contributed by atoms with van der Waals surface area (Å²) >= 11 is 0. The molecule has 0 bridgehead atoms. The Morgan fingerprint density at radius 1 is 1.18 bits per heavy atom. The lowest BCUT2D eigenvalue weighted by Crippen LogP contribution is -2.20. The van der Waals surface area contributed by atoms with Crippen LogP contribution < -0.4 is 0 Å². The average Bonchev–Trinajstić information content (AvgIpc) is 2.50. The maximum absolute atomic E-state index is 12.1. The molecule has 0 spiro atoms. The first kappa shape index (κ1) is 17.9. The predicted octanol–water partition coefficient (Wildman–Crippen LogP) is 2.17. The second-order valence-electron chi connectivity index (χ2n) is 4.94. The van der Waals surface area contributed by atoms with Crippen LogP contribution in [0, 0.1) is 0 Å². The zero-order valence-corrected chi connectivity index (χ0v) is 13.4. The smallest absolute Gasteiger partial charge is 0.343 e. The van der Waals surface area contributed by atoms with Crippen LogP contribution in [0.4, 0.5) is 0 Å². The zero-order valence-electron chi connectivity index (χ0n) is 13.4. The maximum atomic E-state index is 12.1. The first-order chi connectivity index (χ1) is 10.5. The summed E-state index contributed by atoms with van der Waals surface area (Å²) < 4.78 is 10.4. The number of carbonyl (C=O) groups excluding carboxylic acids is 2. The van der Waals surface area contributed by atoms with Gasteiger partial charge >= 0.3 is 5.97 Å². The van der Waals surface area contributed by atoms with Crippen molar-refractivity contribution in [3.05, 3.63) is 47.7 Å². The van der Waals surface area contributed by atoms with Gasteiger partial charge in [0.05, 0.1) is 19.8 Å². The number of rotatable bonds is 9. The Labute approximate surface area is 131 Å². The van der Waals surface area contributed by atoms with Crippen molar-refractivity contribution in [2.45, 2.75) is 20.0 Å². The number of hydrogen-bond acceptors (Lipinski definition) is 5. The normalized spacial score (nSPS) is 11.1. The van der Waals surface area contributed by atoms with Crippen molar-refractivity contribution in [2.24, 2.45) is 0 Å². The fourth-order valence-corrected chi connectivity index (χ4v) is 1.77. The highest BCUT2D eigenvalue weighted by Gasteiger charge is 2.19. The summed E-state index contributed by atoms with van der Waals surface area (Å²) in [7, 11) is 3.50. The molecule has 0 radical (unpaired) electrons. The summed E-state index contributed by atoms with van der Waals surface area (Å²) in [5, 5.41) is 0. The van der Waals surface area contributed by atoms with Crippen LogP contribution in [0.25, 0.3) is 0 Å². The number of benzene rings is 1. The quantitative estimate of drug-likeness (QED) is 0.230. The zero-order chi connectivity index (χ0) is 16.4. The monoisotopic (exact) mass is 305 g/mol. The Balaban J connectivity index is 2.48. The van der Waals surface area contributed by atoms with Gasteiger partial charge in [-0.25, -0.2) is 4.79 Å². The predicted molar refractivity (Wildman–Crippen MR) is 84.1 cm³/mol. The maximum Gasteiger partial charge on any atom is 0.343 e. The van der Waals surface area contributed by atoms with E-state index in [1.165, 1.54) is 6.20 Å².